The first kappa shape index (κ1) is 33.0. The molecule has 0 spiro atoms. The van der Waals surface area contributed by atoms with Gasteiger partial charge in [-0.15, -0.1) is 0 Å². The molecule has 0 fully saturated rings. The van der Waals surface area contributed by atoms with Crippen LogP contribution in [0.4, 0.5) is 13.2 Å². The predicted octanol–water partition coefficient (Wildman–Crippen LogP) is 0.860. The van der Waals surface area contributed by atoms with Crippen LogP contribution >= 0.6 is 0 Å². The van der Waals surface area contributed by atoms with Crippen LogP contribution < -0.4 is 47.1 Å². The van der Waals surface area contributed by atoms with Crippen LogP contribution in [-0.4, -0.2) is 25.1 Å². The molecule has 0 bridgehead atoms. The lowest BCUT2D eigenvalue weighted by molar-refractivity contribution is -0.597. The third kappa shape index (κ3) is 14.2. The zero-order valence-corrected chi connectivity index (χ0v) is 26.2. The van der Waals surface area contributed by atoms with E-state index in [4.69, 9.17) is 17.7 Å². The number of benzene rings is 4. The fraction of sp³-hybridized carbons (Fsp3) is 0.172. The van der Waals surface area contributed by atoms with Crippen molar-refractivity contribution in [2.45, 2.75) is 25.3 Å². The second kappa shape index (κ2) is 17.5. The highest BCUT2D eigenvalue weighted by atomic mass is 127. The Kier molecular flexibility index (Phi) is 14.8. The molecule has 0 radical (unpaired) electrons. The third-order valence-corrected chi connectivity index (χ3v) is 10.4. The van der Waals surface area contributed by atoms with Crippen molar-refractivity contribution in [2.24, 2.45) is 0 Å². The molecule has 0 aliphatic carbocycles. The molecule has 0 aliphatic heterocycles. The summed E-state index contributed by atoms with van der Waals surface area (Å²) < 4.78 is 70.4. The molecule has 4 aromatic rings. The normalized spacial score (nSPS) is 10.9. The van der Waals surface area contributed by atoms with Gasteiger partial charge in [0, 0.05) is 0 Å². The maximum absolute atomic E-state index is 10.7. The van der Waals surface area contributed by atoms with Gasteiger partial charge in [-0.1, -0.05) is 67.9 Å². The lowest BCUT2D eigenvalue weighted by Crippen LogP contribution is -3.61. The van der Waals surface area contributed by atoms with Crippen LogP contribution in [-0.2, 0) is 10.1 Å². The minimum atomic E-state index is -6.09. The Morgan fingerprint density at radius 3 is 1.31 bits per heavy atom. The molecule has 0 aromatic heterocycles. The number of hydrogen-bond donors (Lipinski definition) is 0. The predicted molar refractivity (Wildman–Crippen MR) is 137 cm³/mol. The number of unbranched alkanes of at least 4 members (excludes halogenated alkanes) is 1. The van der Waals surface area contributed by atoms with E-state index in [-0.39, 0.29) is 42.4 Å². The van der Waals surface area contributed by atoms with Gasteiger partial charge >= 0.3 is 47.9 Å². The topological polar surface area (TPSA) is 66.4 Å². The summed E-state index contributed by atoms with van der Waals surface area (Å²) in [7, 11) is -6.09. The molecule has 0 aliphatic rings. The summed E-state index contributed by atoms with van der Waals surface area (Å²) >= 11 is -0.0278. The van der Waals surface area contributed by atoms with Crippen molar-refractivity contribution in [3.63, 3.8) is 0 Å². The van der Waals surface area contributed by atoms with E-state index in [0.717, 1.165) is 18.8 Å². The number of halogens is 5. The first-order chi connectivity index (χ1) is 18.6. The summed E-state index contributed by atoms with van der Waals surface area (Å²) in [6.45, 7) is 3.00. The molecule has 0 saturated heterocycles. The summed E-state index contributed by atoms with van der Waals surface area (Å²) in [6.07, 6.45) is 2.30. The molecule has 0 saturated carbocycles. The van der Waals surface area contributed by atoms with Crippen LogP contribution in [0.15, 0.2) is 115 Å². The van der Waals surface area contributed by atoms with Crippen molar-refractivity contribution < 1.29 is 73.3 Å². The molecule has 0 amide bonds. The van der Waals surface area contributed by atoms with E-state index >= 15 is 0 Å². The maximum atomic E-state index is 10.7. The van der Waals surface area contributed by atoms with Crippen LogP contribution in [0.5, 0.6) is 5.75 Å². The van der Waals surface area contributed by atoms with E-state index in [0.29, 0.717) is 0 Å². The fourth-order valence-corrected chi connectivity index (χ4v) is 7.10. The molecule has 0 unspecified atom stereocenters. The van der Waals surface area contributed by atoms with E-state index in [2.05, 4.69) is 122 Å². The van der Waals surface area contributed by atoms with Crippen molar-refractivity contribution in [1.82, 2.24) is 0 Å². The van der Waals surface area contributed by atoms with Crippen molar-refractivity contribution in [3.8, 4) is 5.75 Å². The molecule has 4 nitrogen and oxygen atoms in total. The van der Waals surface area contributed by atoms with E-state index in [1.54, 1.807) is 0 Å². The molecule has 0 N–H and O–H groups in total. The Balaban J connectivity index is 0.000000223. The lowest BCUT2D eigenvalue weighted by Gasteiger charge is -2.08. The molecular weight excluding hydrogens is 755 g/mol. The fourth-order valence-electron chi connectivity index (χ4n) is 2.61. The molecule has 0 heterocycles. The number of hydrogen-bond acceptors (Lipinski definition) is 4. The summed E-state index contributed by atoms with van der Waals surface area (Å²) in [5.74, 6) is 0.990. The lowest BCUT2D eigenvalue weighted by atomic mass is 10.3. The van der Waals surface area contributed by atoms with Crippen molar-refractivity contribution in [3.05, 3.63) is 130 Å². The van der Waals surface area contributed by atoms with E-state index in [9.17, 15) is 13.2 Å². The number of alkyl halides is 3. The minimum absolute atomic E-state index is 0.0287. The molecule has 208 valence electrons. The average molecular weight is 783 g/mol. The Morgan fingerprint density at radius 2 is 1.00 bits per heavy atom. The Morgan fingerprint density at radius 1 is 0.667 bits per heavy atom. The Labute approximate surface area is 248 Å². The Hall–Kier alpha value is -2.16. The van der Waals surface area contributed by atoms with Gasteiger partial charge in [0.05, 0.1) is 6.61 Å². The SMILES string of the molecule is CCCCOc1ccc([I+]c2ccccc2)cc1.O=S(=O)([O-])C(F)(F)F.c1ccc([I+]c2ccccc2)cc1. The van der Waals surface area contributed by atoms with Crippen LogP contribution in [0.25, 0.3) is 0 Å². The molecule has 4 rings (SSSR count). The van der Waals surface area contributed by atoms with Gasteiger partial charge in [-0.05, 0) is 67.1 Å². The third-order valence-electron chi connectivity index (χ3n) is 4.50. The van der Waals surface area contributed by atoms with E-state index in [1.807, 2.05) is 0 Å². The van der Waals surface area contributed by atoms with Gasteiger partial charge in [-0.3, -0.25) is 0 Å². The standard InChI is InChI=1S/C16H18IO.C12H10I.CHF3O3S/c1-2-3-13-18-16-11-9-15(10-12-16)17-14-7-5-4-6-8-14;1-3-7-11(8-4-1)13-12-9-5-2-6-10-12;2-1(3,4)8(5,6)7/h4-12H,2-3,13H2,1H3;1-10H;(H,5,6,7)/q2*+1;/p-1. The van der Waals surface area contributed by atoms with Gasteiger partial charge in [-0.25, -0.2) is 8.42 Å². The zero-order valence-electron chi connectivity index (χ0n) is 21.0. The highest BCUT2D eigenvalue weighted by Crippen LogP contribution is 2.20. The highest BCUT2D eigenvalue weighted by Gasteiger charge is 2.36. The van der Waals surface area contributed by atoms with Crippen LogP contribution in [0, 0.1) is 14.3 Å². The number of ether oxygens (including phenoxy) is 1. The van der Waals surface area contributed by atoms with Gasteiger partial charge in [0.1, 0.15) is 5.75 Å². The summed E-state index contributed by atoms with van der Waals surface area (Å²) in [6, 6.07) is 40.7. The zero-order chi connectivity index (χ0) is 28.6. The largest absolute Gasteiger partial charge is 0.741 e. The smallest absolute Gasteiger partial charge is 0.485 e. The monoisotopic (exact) mass is 783 g/mol. The minimum Gasteiger partial charge on any atom is -0.741 e. The maximum Gasteiger partial charge on any atom is 0.485 e. The number of rotatable bonds is 8. The van der Waals surface area contributed by atoms with Crippen molar-refractivity contribution in [2.75, 3.05) is 6.61 Å². The average Bonchev–Trinajstić information content (AvgIpc) is 2.91. The highest BCUT2D eigenvalue weighted by molar-refractivity contribution is 7.86. The van der Waals surface area contributed by atoms with Crippen LogP contribution in [0.2, 0.25) is 0 Å². The van der Waals surface area contributed by atoms with Gasteiger partial charge < -0.3 is 9.29 Å². The summed E-state index contributed by atoms with van der Waals surface area (Å²) in [4.78, 5) is 0. The van der Waals surface area contributed by atoms with Crippen LogP contribution in [0.1, 0.15) is 19.8 Å². The van der Waals surface area contributed by atoms with Gasteiger partial charge in [0.25, 0.3) is 0 Å². The quantitative estimate of drug-likeness (QED) is 0.115. The second-order valence-corrected chi connectivity index (χ2v) is 15.1. The molecule has 10 heteroatoms. The second-order valence-electron chi connectivity index (χ2n) is 7.63. The molecule has 0 atom stereocenters. The van der Waals surface area contributed by atoms with Crippen molar-refractivity contribution in [1.29, 1.82) is 0 Å². The van der Waals surface area contributed by atoms with Gasteiger partial charge in [-0.2, -0.15) is 13.2 Å². The molecule has 39 heavy (non-hydrogen) atoms. The summed E-state index contributed by atoms with van der Waals surface area (Å²) in [5, 5.41) is 0. The first-order valence-electron chi connectivity index (χ1n) is 11.8. The van der Waals surface area contributed by atoms with Gasteiger partial charge in [0.15, 0.2) is 24.4 Å². The van der Waals surface area contributed by atoms with Gasteiger partial charge in [0.2, 0.25) is 0 Å². The molecular formula is C29H28F3I2O4S+. The van der Waals surface area contributed by atoms with Crippen LogP contribution in [0.3, 0.4) is 0 Å². The Bertz CT molecular complexity index is 1270. The van der Waals surface area contributed by atoms with E-state index < -0.39 is 15.6 Å². The first-order valence-corrected chi connectivity index (χ1v) is 17.5. The summed E-state index contributed by atoms with van der Waals surface area (Å²) in [5.41, 5.74) is -5.65. The molecule has 4 aromatic carbocycles. The van der Waals surface area contributed by atoms with E-state index in [1.165, 1.54) is 20.7 Å². The van der Waals surface area contributed by atoms with Crippen molar-refractivity contribution >= 4 is 10.1 Å².